The number of nitrogens with one attached hydrogen (secondary N) is 1. The van der Waals surface area contributed by atoms with Gasteiger partial charge in [0, 0.05) is 0 Å². The third-order valence-corrected chi connectivity index (χ3v) is 4.90. The fraction of sp³-hybridized carbons (Fsp3) is 0.158. The lowest BCUT2D eigenvalue weighted by molar-refractivity contribution is -0.115. The molecule has 0 bridgehead atoms. The summed E-state index contributed by atoms with van der Waals surface area (Å²) in [4.78, 5) is 17.3. The molecular weight excluding hydrogens is 336 g/mol. The molecule has 1 saturated heterocycles. The minimum Gasteiger partial charge on any atom is -0.506 e. The molecule has 1 aliphatic rings. The third-order valence-electron chi connectivity index (χ3n) is 3.82. The number of phenolic OH excluding ortho intramolecular Hbond substituents is 1. The summed E-state index contributed by atoms with van der Waals surface area (Å²) < 4.78 is 5.24. The van der Waals surface area contributed by atoms with Crippen molar-refractivity contribution in [2.24, 2.45) is 4.99 Å². The highest BCUT2D eigenvalue weighted by atomic mass is 32.2. The number of benzene rings is 2. The fourth-order valence-electron chi connectivity index (χ4n) is 2.44. The number of hydrogen-bond acceptors (Lipinski definition) is 5. The molecule has 2 aromatic rings. The molecule has 0 saturated carbocycles. The number of aromatic hydroxyl groups is 1. The first-order chi connectivity index (χ1) is 12.0. The van der Waals surface area contributed by atoms with Crippen LogP contribution in [0.4, 0.5) is 5.69 Å². The number of aliphatic imine (C=N–C) groups is 1. The van der Waals surface area contributed by atoms with Crippen molar-refractivity contribution in [3.05, 3.63) is 58.5 Å². The van der Waals surface area contributed by atoms with E-state index in [0.717, 1.165) is 22.4 Å². The SMILES string of the molecule is COc1cccc(/C(C)=C2\SC(=Nc3cc(C)ccc3O)NC2=O)c1. The summed E-state index contributed by atoms with van der Waals surface area (Å²) in [7, 11) is 1.61. The number of rotatable bonds is 3. The Hall–Kier alpha value is -2.73. The first-order valence-electron chi connectivity index (χ1n) is 7.70. The van der Waals surface area contributed by atoms with Crippen LogP contribution in [0, 0.1) is 6.92 Å². The maximum Gasteiger partial charge on any atom is 0.264 e. The summed E-state index contributed by atoms with van der Waals surface area (Å²) in [6.07, 6.45) is 0. The van der Waals surface area contributed by atoms with Crippen molar-refractivity contribution in [3.63, 3.8) is 0 Å². The molecule has 1 fully saturated rings. The number of phenols is 1. The topological polar surface area (TPSA) is 70.9 Å². The van der Waals surface area contributed by atoms with Crippen LogP contribution in [-0.4, -0.2) is 23.3 Å². The summed E-state index contributed by atoms with van der Waals surface area (Å²) in [5.74, 6) is 0.616. The molecule has 0 aliphatic carbocycles. The summed E-state index contributed by atoms with van der Waals surface area (Å²) >= 11 is 1.26. The van der Waals surface area contributed by atoms with Crippen LogP contribution >= 0.6 is 11.8 Å². The number of carbonyl (C=O) groups is 1. The van der Waals surface area contributed by atoms with Crippen LogP contribution in [0.5, 0.6) is 11.5 Å². The van der Waals surface area contributed by atoms with E-state index in [2.05, 4.69) is 10.3 Å². The Labute approximate surface area is 150 Å². The van der Waals surface area contributed by atoms with Crippen molar-refractivity contribution in [1.29, 1.82) is 0 Å². The van der Waals surface area contributed by atoms with Crippen molar-refractivity contribution in [1.82, 2.24) is 5.32 Å². The molecular formula is C19H18N2O3S. The maximum atomic E-state index is 12.3. The summed E-state index contributed by atoms with van der Waals surface area (Å²) in [6, 6.07) is 12.7. The molecule has 1 heterocycles. The number of amidine groups is 1. The number of thioether (sulfide) groups is 1. The molecule has 5 nitrogen and oxygen atoms in total. The second-order valence-electron chi connectivity index (χ2n) is 5.65. The number of aryl methyl sites for hydroxylation is 1. The first kappa shape index (κ1) is 17.1. The lowest BCUT2D eigenvalue weighted by atomic mass is 10.1. The van der Waals surface area contributed by atoms with E-state index >= 15 is 0 Å². The van der Waals surface area contributed by atoms with E-state index in [4.69, 9.17) is 4.74 Å². The molecule has 0 aromatic heterocycles. The molecule has 128 valence electrons. The van der Waals surface area contributed by atoms with Crippen LogP contribution in [0.25, 0.3) is 5.57 Å². The zero-order chi connectivity index (χ0) is 18.0. The summed E-state index contributed by atoms with van der Waals surface area (Å²) in [5, 5.41) is 13.1. The van der Waals surface area contributed by atoms with Gasteiger partial charge in [-0.15, -0.1) is 0 Å². The van der Waals surface area contributed by atoms with Crippen molar-refractivity contribution in [2.75, 3.05) is 7.11 Å². The van der Waals surface area contributed by atoms with E-state index < -0.39 is 0 Å². The van der Waals surface area contributed by atoms with Gasteiger partial charge in [0.2, 0.25) is 0 Å². The van der Waals surface area contributed by atoms with Crippen molar-refractivity contribution in [3.8, 4) is 11.5 Å². The second-order valence-corrected chi connectivity index (χ2v) is 6.65. The molecule has 2 aromatic carbocycles. The van der Waals surface area contributed by atoms with E-state index in [1.165, 1.54) is 11.8 Å². The van der Waals surface area contributed by atoms with E-state index in [0.29, 0.717) is 15.8 Å². The lowest BCUT2D eigenvalue weighted by Gasteiger charge is -2.06. The van der Waals surface area contributed by atoms with Crippen LogP contribution in [0.3, 0.4) is 0 Å². The smallest absolute Gasteiger partial charge is 0.264 e. The maximum absolute atomic E-state index is 12.3. The highest BCUT2D eigenvalue weighted by molar-refractivity contribution is 8.18. The Bertz CT molecular complexity index is 903. The summed E-state index contributed by atoms with van der Waals surface area (Å²) in [6.45, 7) is 3.81. The second kappa shape index (κ2) is 7.03. The molecule has 1 aliphatic heterocycles. The molecule has 0 spiro atoms. The van der Waals surface area contributed by atoms with Gasteiger partial charge in [0.1, 0.15) is 17.2 Å². The number of hydrogen-bond donors (Lipinski definition) is 2. The van der Waals surface area contributed by atoms with Gasteiger partial charge in [-0.05, 0) is 66.6 Å². The number of ether oxygens (including phenoxy) is 1. The first-order valence-corrected chi connectivity index (χ1v) is 8.52. The van der Waals surface area contributed by atoms with Gasteiger partial charge in [-0.1, -0.05) is 18.2 Å². The third kappa shape index (κ3) is 3.69. The quantitative estimate of drug-likeness (QED) is 0.818. The van der Waals surface area contributed by atoms with Gasteiger partial charge in [0.25, 0.3) is 5.91 Å². The average Bonchev–Trinajstić information content (AvgIpc) is 2.98. The van der Waals surface area contributed by atoms with Gasteiger partial charge in [0.15, 0.2) is 5.17 Å². The van der Waals surface area contributed by atoms with Crippen molar-refractivity contribution < 1.29 is 14.6 Å². The van der Waals surface area contributed by atoms with Gasteiger partial charge < -0.3 is 15.2 Å². The number of amides is 1. The van der Waals surface area contributed by atoms with Gasteiger partial charge >= 0.3 is 0 Å². The van der Waals surface area contributed by atoms with E-state index in [-0.39, 0.29) is 11.7 Å². The number of allylic oxidation sites excluding steroid dienone is 1. The lowest BCUT2D eigenvalue weighted by Crippen LogP contribution is -2.19. The molecule has 2 N–H and O–H groups in total. The highest BCUT2D eigenvalue weighted by Crippen LogP contribution is 2.35. The zero-order valence-electron chi connectivity index (χ0n) is 14.2. The van der Waals surface area contributed by atoms with Crippen LogP contribution in [0.15, 0.2) is 52.4 Å². The predicted molar refractivity (Wildman–Crippen MR) is 101 cm³/mol. The normalized spacial score (nSPS) is 17.6. The van der Waals surface area contributed by atoms with Gasteiger partial charge in [0.05, 0.1) is 12.0 Å². The number of carbonyl (C=O) groups excluding carboxylic acids is 1. The molecule has 3 rings (SSSR count). The largest absolute Gasteiger partial charge is 0.506 e. The van der Waals surface area contributed by atoms with Gasteiger partial charge in [-0.2, -0.15) is 0 Å². The van der Waals surface area contributed by atoms with Crippen LogP contribution in [-0.2, 0) is 4.79 Å². The Balaban J connectivity index is 1.93. The van der Waals surface area contributed by atoms with Gasteiger partial charge in [-0.3, -0.25) is 4.79 Å². The Morgan fingerprint density at radius 1 is 1.24 bits per heavy atom. The van der Waals surface area contributed by atoms with Crippen LogP contribution < -0.4 is 10.1 Å². The Morgan fingerprint density at radius 3 is 2.80 bits per heavy atom. The standard InChI is InChI=1S/C19H18N2O3S/c1-11-7-8-16(22)15(9-11)20-19-21-18(23)17(25-19)12(2)13-5-4-6-14(10-13)24-3/h4-10,22H,1-3H3,(H,20,21,23)/b17-12-. The van der Waals surface area contributed by atoms with E-state index in [1.54, 1.807) is 25.3 Å². The highest BCUT2D eigenvalue weighted by Gasteiger charge is 2.26. The zero-order valence-corrected chi connectivity index (χ0v) is 15.0. The molecule has 0 atom stereocenters. The average molecular weight is 354 g/mol. The number of nitrogens with zero attached hydrogens (tertiary/aromatic N) is 1. The van der Waals surface area contributed by atoms with Gasteiger partial charge in [-0.25, -0.2) is 4.99 Å². The summed E-state index contributed by atoms with van der Waals surface area (Å²) in [5.41, 5.74) is 3.18. The molecule has 0 radical (unpaired) electrons. The van der Waals surface area contributed by atoms with E-state index in [1.807, 2.05) is 38.1 Å². The Morgan fingerprint density at radius 2 is 2.04 bits per heavy atom. The molecule has 25 heavy (non-hydrogen) atoms. The number of methoxy groups -OCH3 is 1. The van der Waals surface area contributed by atoms with Crippen LogP contribution in [0.1, 0.15) is 18.1 Å². The predicted octanol–water partition coefficient (Wildman–Crippen LogP) is 3.99. The molecule has 0 unspecified atom stereocenters. The minimum atomic E-state index is -0.198. The van der Waals surface area contributed by atoms with Crippen molar-refractivity contribution in [2.45, 2.75) is 13.8 Å². The van der Waals surface area contributed by atoms with Crippen molar-refractivity contribution >= 4 is 34.1 Å². The molecule has 1 amide bonds. The molecule has 6 heteroatoms. The van der Waals surface area contributed by atoms with E-state index in [9.17, 15) is 9.90 Å². The van der Waals surface area contributed by atoms with Crippen LogP contribution in [0.2, 0.25) is 0 Å². The monoisotopic (exact) mass is 354 g/mol. The Kier molecular flexibility index (Phi) is 4.81. The minimum absolute atomic E-state index is 0.0786. The fourth-order valence-corrected chi connectivity index (χ4v) is 3.34.